The molecule has 0 aromatic heterocycles. The molecule has 0 amide bonds. The predicted molar refractivity (Wildman–Crippen MR) is 52.1 cm³/mol. The Morgan fingerprint density at radius 2 is 2.17 bits per heavy atom. The molecule has 0 aromatic carbocycles. The van der Waals surface area contributed by atoms with Crippen LogP contribution in [-0.2, 0) is 0 Å². The van der Waals surface area contributed by atoms with Crippen LogP contribution < -0.4 is 0 Å². The molecule has 1 heteroatoms. The molecular formula is C11H22O. The van der Waals surface area contributed by atoms with Crippen molar-refractivity contribution in [3.63, 3.8) is 0 Å². The van der Waals surface area contributed by atoms with Crippen LogP contribution in [0.5, 0.6) is 0 Å². The molecule has 1 fully saturated rings. The van der Waals surface area contributed by atoms with E-state index in [2.05, 4.69) is 13.8 Å². The summed E-state index contributed by atoms with van der Waals surface area (Å²) in [4.78, 5) is 0. The zero-order valence-corrected chi connectivity index (χ0v) is 8.47. The van der Waals surface area contributed by atoms with Gasteiger partial charge in [-0.3, -0.25) is 0 Å². The highest BCUT2D eigenvalue weighted by Gasteiger charge is 2.32. The molecule has 0 aromatic rings. The molecule has 0 aliphatic heterocycles. The van der Waals surface area contributed by atoms with Gasteiger partial charge in [0.25, 0.3) is 0 Å². The molecule has 0 heterocycles. The molecule has 1 nitrogen and oxygen atoms in total. The van der Waals surface area contributed by atoms with Gasteiger partial charge in [0.15, 0.2) is 0 Å². The number of aliphatic hydroxyl groups is 1. The zero-order valence-electron chi connectivity index (χ0n) is 8.47. The normalized spacial score (nSPS) is 36.8. The van der Waals surface area contributed by atoms with E-state index < -0.39 is 0 Å². The van der Waals surface area contributed by atoms with Gasteiger partial charge in [-0.05, 0) is 25.2 Å². The lowest BCUT2D eigenvalue weighted by Crippen LogP contribution is -2.34. The van der Waals surface area contributed by atoms with Crippen LogP contribution in [0.15, 0.2) is 0 Å². The molecule has 0 saturated heterocycles. The third-order valence-corrected chi connectivity index (χ3v) is 3.22. The van der Waals surface area contributed by atoms with E-state index in [-0.39, 0.29) is 5.60 Å². The van der Waals surface area contributed by atoms with Gasteiger partial charge < -0.3 is 5.11 Å². The molecule has 0 spiro atoms. The van der Waals surface area contributed by atoms with Gasteiger partial charge in [0.1, 0.15) is 0 Å². The first-order chi connectivity index (χ1) is 5.70. The van der Waals surface area contributed by atoms with Crippen molar-refractivity contribution in [1.29, 1.82) is 0 Å². The largest absolute Gasteiger partial charge is 0.390 e. The molecule has 1 aliphatic carbocycles. The third-order valence-electron chi connectivity index (χ3n) is 3.22. The third kappa shape index (κ3) is 2.48. The molecule has 1 N–H and O–H groups in total. The molecular weight excluding hydrogens is 148 g/mol. The van der Waals surface area contributed by atoms with Crippen molar-refractivity contribution in [3.8, 4) is 0 Å². The van der Waals surface area contributed by atoms with Crippen molar-refractivity contribution in [3.05, 3.63) is 0 Å². The first kappa shape index (κ1) is 10.0. The lowest BCUT2D eigenvalue weighted by Gasteiger charge is -2.36. The zero-order chi connectivity index (χ0) is 9.03. The average Bonchev–Trinajstić information content (AvgIpc) is 2.04. The molecule has 1 saturated carbocycles. The highest BCUT2D eigenvalue weighted by atomic mass is 16.3. The molecule has 1 aliphatic rings. The maximum atomic E-state index is 10.2. The summed E-state index contributed by atoms with van der Waals surface area (Å²) in [5, 5.41) is 10.2. The van der Waals surface area contributed by atoms with Crippen LogP contribution >= 0.6 is 0 Å². The fourth-order valence-corrected chi connectivity index (χ4v) is 2.50. The van der Waals surface area contributed by atoms with E-state index in [1.165, 1.54) is 19.3 Å². The Morgan fingerprint density at radius 3 is 2.75 bits per heavy atom. The first-order valence-corrected chi connectivity index (χ1v) is 5.42. The summed E-state index contributed by atoms with van der Waals surface area (Å²) < 4.78 is 0. The van der Waals surface area contributed by atoms with Gasteiger partial charge in [-0.2, -0.15) is 0 Å². The van der Waals surface area contributed by atoms with E-state index in [0.717, 1.165) is 31.6 Å². The Labute approximate surface area is 76.2 Å². The van der Waals surface area contributed by atoms with Gasteiger partial charge in [0.05, 0.1) is 5.60 Å². The number of hydrogen-bond acceptors (Lipinski definition) is 1. The second kappa shape index (κ2) is 4.27. The summed E-state index contributed by atoms with van der Waals surface area (Å²) in [6.07, 6.45) is 8.02. The number of rotatable bonds is 3. The van der Waals surface area contributed by atoms with Crippen molar-refractivity contribution in [2.24, 2.45) is 5.92 Å². The van der Waals surface area contributed by atoms with E-state index in [0.29, 0.717) is 0 Å². The van der Waals surface area contributed by atoms with Crippen molar-refractivity contribution >= 4 is 0 Å². The maximum absolute atomic E-state index is 10.2. The molecule has 1 rings (SSSR count). The summed E-state index contributed by atoms with van der Waals surface area (Å²) in [5.41, 5.74) is -0.298. The van der Waals surface area contributed by atoms with E-state index in [9.17, 15) is 5.11 Å². The van der Waals surface area contributed by atoms with Gasteiger partial charge in [-0.1, -0.05) is 39.5 Å². The highest BCUT2D eigenvalue weighted by molar-refractivity contribution is 4.85. The fourth-order valence-electron chi connectivity index (χ4n) is 2.50. The predicted octanol–water partition coefficient (Wildman–Crippen LogP) is 3.12. The van der Waals surface area contributed by atoms with Gasteiger partial charge in [0, 0.05) is 0 Å². The van der Waals surface area contributed by atoms with E-state index in [1.807, 2.05) is 0 Å². The van der Waals surface area contributed by atoms with Gasteiger partial charge in [-0.15, -0.1) is 0 Å². The lowest BCUT2D eigenvalue weighted by atomic mass is 9.75. The molecule has 2 atom stereocenters. The van der Waals surface area contributed by atoms with Crippen molar-refractivity contribution in [2.45, 2.75) is 64.4 Å². The van der Waals surface area contributed by atoms with Crippen LogP contribution in [0, 0.1) is 5.92 Å². The monoisotopic (exact) mass is 170 g/mol. The molecule has 0 radical (unpaired) electrons. The second-order valence-corrected chi connectivity index (χ2v) is 4.34. The van der Waals surface area contributed by atoms with Gasteiger partial charge in [0.2, 0.25) is 0 Å². The Bertz CT molecular complexity index is 129. The minimum absolute atomic E-state index is 0.298. The van der Waals surface area contributed by atoms with E-state index in [1.54, 1.807) is 0 Å². The number of hydrogen-bond donors (Lipinski definition) is 1. The molecule has 2 unspecified atom stereocenters. The van der Waals surface area contributed by atoms with Gasteiger partial charge in [-0.25, -0.2) is 0 Å². The minimum atomic E-state index is -0.298. The second-order valence-electron chi connectivity index (χ2n) is 4.34. The van der Waals surface area contributed by atoms with Crippen molar-refractivity contribution in [1.82, 2.24) is 0 Å². The Hall–Kier alpha value is -0.0400. The SMILES string of the molecule is CCCC1(O)CCCC(CC)C1. The van der Waals surface area contributed by atoms with E-state index in [4.69, 9.17) is 0 Å². The van der Waals surface area contributed by atoms with Crippen molar-refractivity contribution < 1.29 is 5.11 Å². The average molecular weight is 170 g/mol. The Kier molecular flexibility index (Phi) is 3.57. The smallest absolute Gasteiger partial charge is 0.0650 e. The molecule has 12 heavy (non-hydrogen) atoms. The molecule has 72 valence electrons. The van der Waals surface area contributed by atoms with Crippen molar-refractivity contribution in [2.75, 3.05) is 0 Å². The topological polar surface area (TPSA) is 20.2 Å². The summed E-state index contributed by atoms with van der Waals surface area (Å²) in [6.45, 7) is 4.40. The highest BCUT2D eigenvalue weighted by Crippen LogP contribution is 2.36. The minimum Gasteiger partial charge on any atom is -0.390 e. The van der Waals surface area contributed by atoms with Crippen LogP contribution in [0.2, 0.25) is 0 Å². The molecule has 0 bridgehead atoms. The quantitative estimate of drug-likeness (QED) is 0.690. The van der Waals surface area contributed by atoms with E-state index >= 15 is 0 Å². The first-order valence-electron chi connectivity index (χ1n) is 5.42. The van der Waals surface area contributed by atoms with Crippen LogP contribution in [0.1, 0.15) is 58.8 Å². The Morgan fingerprint density at radius 1 is 1.42 bits per heavy atom. The van der Waals surface area contributed by atoms with Crippen LogP contribution in [-0.4, -0.2) is 10.7 Å². The lowest BCUT2D eigenvalue weighted by molar-refractivity contribution is -0.0241. The summed E-state index contributed by atoms with van der Waals surface area (Å²) in [7, 11) is 0. The standard InChI is InChI=1S/C11H22O/c1-3-7-11(12)8-5-6-10(4-2)9-11/h10,12H,3-9H2,1-2H3. The van der Waals surface area contributed by atoms with Gasteiger partial charge >= 0.3 is 0 Å². The summed E-state index contributed by atoms with van der Waals surface area (Å²) >= 11 is 0. The Balaban J connectivity index is 2.43. The maximum Gasteiger partial charge on any atom is 0.0650 e. The summed E-state index contributed by atoms with van der Waals surface area (Å²) in [5.74, 6) is 0.787. The fraction of sp³-hybridized carbons (Fsp3) is 1.00. The summed E-state index contributed by atoms with van der Waals surface area (Å²) in [6, 6.07) is 0. The van der Waals surface area contributed by atoms with Crippen LogP contribution in [0.3, 0.4) is 0 Å². The van der Waals surface area contributed by atoms with Crippen LogP contribution in [0.4, 0.5) is 0 Å². The van der Waals surface area contributed by atoms with Crippen LogP contribution in [0.25, 0.3) is 0 Å².